The number of hydrogen-bond donors (Lipinski definition) is 0. The zero-order chi connectivity index (χ0) is 14.5. The van der Waals surface area contributed by atoms with Crippen molar-refractivity contribution in [1.29, 1.82) is 0 Å². The van der Waals surface area contributed by atoms with Gasteiger partial charge in [-0.2, -0.15) is 0 Å². The molecule has 0 aliphatic heterocycles. The summed E-state index contributed by atoms with van der Waals surface area (Å²) in [5, 5.41) is 0. The van der Waals surface area contributed by atoms with Gasteiger partial charge in [-0.1, -0.05) is 12.8 Å². The van der Waals surface area contributed by atoms with Crippen LogP contribution in [-0.4, -0.2) is 26.0 Å². The Morgan fingerprint density at radius 1 is 1.00 bits per heavy atom. The fourth-order valence-electron chi connectivity index (χ4n) is 2.85. The second-order valence-electron chi connectivity index (χ2n) is 5.11. The minimum absolute atomic E-state index is 0.0303. The third kappa shape index (κ3) is 3.00. The van der Waals surface area contributed by atoms with Gasteiger partial charge in [0.15, 0.2) is 5.78 Å². The van der Waals surface area contributed by atoms with Crippen molar-refractivity contribution >= 4 is 11.8 Å². The minimum atomic E-state index is -0.302. The quantitative estimate of drug-likeness (QED) is 0.627. The normalized spacial score (nSPS) is 22.1. The molecule has 0 aromatic heterocycles. The van der Waals surface area contributed by atoms with Crippen LogP contribution in [0.4, 0.5) is 0 Å². The molecule has 0 heterocycles. The molecule has 4 nitrogen and oxygen atoms in total. The van der Waals surface area contributed by atoms with Crippen LogP contribution in [0.25, 0.3) is 0 Å². The monoisotopic (exact) mass is 276 g/mol. The molecule has 1 aliphatic carbocycles. The predicted molar refractivity (Wildman–Crippen MR) is 74.8 cm³/mol. The molecule has 0 spiro atoms. The lowest BCUT2D eigenvalue weighted by Gasteiger charge is -2.28. The lowest BCUT2D eigenvalue weighted by Crippen LogP contribution is -2.33. The van der Waals surface area contributed by atoms with Crippen molar-refractivity contribution in [3.05, 3.63) is 29.8 Å². The Kier molecular flexibility index (Phi) is 4.77. The molecule has 1 aromatic carbocycles. The highest BCUT2D eigenvalue weighted by Gasteiger charge is 2.36. The Hall–Kier alpha value is -1.84. The number of esters is 1. The first-order chi connectivity index (χ1) is 9.67. The van der Waals surface area contributed by atoms with E-state index in [1.807, 2.05) is 0 Å². The fraction of sp³-hybridized carbons (Fsp3) is 0.500. The lowest BCUT2D eigenvalue weighted by atomic mass is 9.75. The van der Waals surface area contributed by atoms with Crippen molar-refractivity contribution in [2.75, 3.05) is 14.2 Å². The lowest BCUT2D eigenvalue weighted by molar-refractivity contribution is -0.147. The van der Waals surface area contributed by atoms with E-state index >= 15 is 0 Å². The molecule has 1 aromatic rings. The summed E-state index contributed by atoms with van der Waals surface area (Å²) in [6, 6.07) is 7.04. The summed E-state index contributed by atoms with van der Waals surface area (Å²) in [4.78, 5) is 24.4. The van der Waals surface area contributed by atoms with Gasteiger partial charge in [0.1, 0.15) is 5.75 Å². The highest BCUT2D eigenvalue weighted by atomic mass is 16.5. The van der Waals surface area contributed by atoms with Gasteiger partial charge in [0, 0.05) is 11.5 Å². The van der Waals surface area contributed by atoms with E-state index in [2.05, 4.69) is 0 Å². The van der Waals surface area contributed by atoms with E-state index in [1.54, 1.807) is 31.4 Å². The van der Waals surface area contributed by atoms with E-state index < -0.39 is 0 Å². The molecule has 0 amide bonds. The van der Waals surface area contributed by atoms with Crippen molar-refractivity contribution in [1.82, 2.24) is 0 Å². The largest absolute Gasteiger partial charge is 0.497 e. The van der Waals surface area contributed by atoms with Gasteiger partial charge in [-0.05, 0) is 37.1 Å². The number of methoxy groups -OCH3 is 2. The Morgan fingerprint density at radius 2 is 1.60 bits per heavy atom. The van der Waals surface area contributed by atoms with Gasteiger partial charge in [0.25, 0.3) is 0 Å². The molecule has 0 radical (unpaired) electrons. The van der Waals surface area contributed by atoms with Crippen LogP contribution in [-0.2, 0) is 9.53 Å². The smallest absolute Gasteiger partial charge is 0.309 e. The van der Waals surface area contributed by atoms with Crippen LogP contribution in [0.15, 0.2) is 24.3 Å². The second-order valence-corrected chi connectivity index (χ2v) is 5.11. The van der Waals surface area contributed by atoms with Crippen LogP contribution in [0, 0.1) is 11.8 Å². The van der Waals surface area contributed by atoms with Crippen molar-refractivity contribution in [3.8, 4) is 5.75 Å². The van der Waals surface area contributed by atoms with E-state index in [-0.39, 0.29) is 23.6 Å². The average molecular weight is 276 g/mol. The third-order valence-corrected chi connectivity index (χ3v) is 3.98. The maximum atomic E-state index is 12.6. The Bertz CT molecular complexity index is 478. The van der Waals surface area contributed by atoms with E-state index in [9.17, 15) is 9.59 Å². The number of rotatable bonds is 4. The standard InChI is InChI=1S/C16H20O4/c1-19-12-9-7-11(8-10-12)15(17)13-5-3-4-6-14(13)16(18)20-2/h7-10,13-14H,3-6H2,1-2H3. The van der Waals surface area contributed by atoms with Gasteiger partial charge in [0.05, 0.1) is 20.1 Å². The number of carbonyl (C=O) groups is 2. The number of ketones is 1. The highest BCUT2D eigenvalue weighted by Crippen LogP contribution is 2.33. The summed E-state index contributed by atoms with van der Waals surface area (Å²) in [7, 11) is 2.97. The van der Waals surface area contributed by atoms with Crippen molar-refractivity contribution in [3.63, 3.8) is 0 Å². The number of carbonyl (C=O) groups excluding carboxylic acids is 2. The highest BCUT2D eigenvalue weighted by molar-refractivity contribution is 6.00. The zero-order valence-electron chi connectivity index (χ0n) is 11.9. The summed E-state index contributed by atoms with van der Waals surface area (Å²) in [5.41, 5.74) is 0.631. The SMILES string of the molecule is COC(=O)C1CCCCC1C(=O)c1ccc(OC)cc1. The molecule has 1 aliphatic rings. The summed E-state index contributed by atoms with van der Waals surface area (Å²) in [5.74, 6) is -0.0815. The molecule has 4 heteroatoms. The van der Waals surface area contributed by atoms with Crippen LogP contribution in [0.1, 0.15) is 36.0 Å². The molecule has 20 heavy (non-hydrogen) atoms. The first-order valence-corrected chi connectivity index (χ1v) is 6.93. The van der Waals surface area contributed by atoms with Crippen molar-refractivity contribution < 1.29 is 19.1 Å². The zero-order valence-corrected chi connectivity index (χ0v) is 11.9. The molecule has 0 N–H and O–H groups in total. The third-order valence-electron chi connectivity index (χ3n) is 3.98. The van der Waals surface area contributed by atoms with Gasteiger partial charge >= 0.3 is 5.97 Å². The maximum Gasteiger partial charge on any atom is 0.309 e. The van der Waals surface area contributed by atoms with Crippen LogP contribution in [0.5, 0.6) is 5.75 Å². The van der Waals surface area contributed by atoms with Crippen LogP contribution < -0.4 is 4.74 Å². The average Bonchev–Trinajstić information content (AvgIpc) is 2.53. The van der Waals surface area contributed by atoms with Gasteiger partial charge in [-0.25, -0.2) is 0 Å². The molecule has 108 valence electrons. The van der Waals surface area contributed by atoms with Gasteiger partial charge in [0.2, 0.25) is 0 Å². The van der Waals surface area contributed by atoms with Crippen LogP contribution in [0.3, 0.4) is 0 Å². The topological polar surface area (TPSA) is 52.6 Å². The number of benzene rings is 1. The van der Waals surface area contributed by atoms with Crippen molar-refractivity contribution in [2.24, 2.45) is 11.8 Å². The molecule has 0 saturated heterocycles. The molecule has 2 rings (SSSR count). The summed E-state index contributed by atoms with van der Waals surface area (Å²) >= 11 is 0. The Labute approximate surface area is 119 Å². The molecular weight excluding hydrogens is 256 g/mol. The fourth-order valence-corrected chi connectivity index (χ4v) is 2.85. The summed E-state index contributed by atoms with van der Waals surface area (Å²) < 4.78 is 9.92. The Balaban J connectivity index is 2.18. The van der Waals surface area contributed by atoms with E-state index in [1.165, 1.54) is 7.11 Å². The van der Waals surface area contributed by atoms with Crippen LogP contribution >= 0.6 is 0 Å². The molecular formula is C16H20O4. The number of hydrogen-bond acceptors (Lipinski definition) is 4. The van der Waals surface area contributed by atoms with Gasteiger partial charge < -0.3 is 9.47 Å². The first-order valence-electron chi connectivity index (χ1n) is 6.93. The summed E-state index contributed by atoms with van der Waals surface area (Å²) in [6.07, 6.45) is 3.45. The van der Waals surface area contributed by atoms with Gasteiger partial charge in [-0.3, -0.25) is 9.59 Å². The van der Waals surface area contributed by atoms with Crippen LogP contribution in [0.2, 0.25) is 0 Å². The second kappa shape index (κ2) is 6.55. The number of Topliss-reactive ketones (excluding diaryl/α,β-unsaturated/α-hetero) is 1. The minimum Gasteiger partial charge on any atom is -0.497 e. The van der Waals surface area contributed by atoms with E-state index in [0.717, 1.165) is 31.4 Å². The van der Waals surface area contributed by atoms with Crippen molar-refractivity contribution in [2.45, 2.75) is 25.7 Å². The van der Waals surface area contributed by atoms with Gasteiger partial charge in [-0.15, -0.1) is 0 Å². The molecule has 1 saturated carbocycles. The molecule has 2 unspecified atom stereocenters. The predicted octanol–water partition coefficient (Wildman–Crippen LogP) is 2.86. The molecule has 0 bridgehead atoms. The maximum absolute atomic E-state index is 12.6. The summed E-state index contributed by atoms with van der Waals surface area (Å²) in [6.45, 7) is 0. The number of ether oxygens (including phenoxy) is 2. The van der Waals surface area contributed by atoms with E-state index in [0.29, 0.717) is 5.56 Å². The molecule has 2 atom stereocenters. The molecule has 1 fully saturated rings. The first kappa shape index (κ1) is 14.6. The Morgan fingerprint density at radius 3 is 2.15 bits per heavy atom. The van der Waals surface area contributed by atoms with E-state index in [4.69, 9.17) is 9.47 Å².